The number of pyridine rings is 1. The van der Waals surface area contributed by atoms with E-state index in [1.54, 1.807) is 6.07 Å². The van der Waals surface area contributed by atoms with Crippen LogP contribution in [0.25, 0.3) is 0 Å². The highest BCUT2D eigenvalue weighted by atomic mass is 79.9. The van der Waals surface area contributed by atoms with Gasteiger partial charge in [-0.3, -0.25) is 5.32 Å². The minimum Gasteiger partial charge on any atom is -0.444 e. The lowest BCUT2D eigenvalue weighted by molar-refractivity contribution is 0.155. The fourth-order valence-corrected chi connectivity index (χ4v) is 1.89. The van der Waals surface area contributed by atoms with Crippen LogP contribution in [0.4, 0.5) is 10.6 Å². The number of nitriles is 1. The summed E-state index contributed by atoms with van der Waals surface area (Å²) in [5, 5.41) is 11.5. The van der Waals surface area contributed by atoms with E-state index in [2.05, 4.69) is 26.2 Å². The third kappa shape index (κ3) is 3.56. The third-order valence-electron chi connectivity index (χ3n) is 2.45. The molecule has 1 heterocycles. The summed E-state index contributed by atoms with van der Waals surface area (Å²) in [6, 6.07) is 12.9. The summed E-state index contributed by atoms with van der Waals surface area (Å²) in [5.41, 5.74) is 1.13. The predicted octanol–water partition coefficient (Wildman–Crippen LogP) is 3.46. The molecule has 0 bridgehead atoms. The number of nitrogens with zero attached hydrogens (tertiary/aromatic N) is 2. The zero-order valence-electron chi connectivity index (χ0n) is 10.3. The van der Waals surface area contributed by atoms with Gasteiger partial charge in [-0.1, -0.05) is 30.3 Å². The molecule has 0 fully saturated rings. The Morgan fingerprint density at radius 1 is 1.35 bits per heavy atom. The standard InChI is InChI=1S/C14H10BrN3O2/c15-12-6-7-17-13(11(12)8-16)18-14(19)20-9-10-4-2-1-3-5-10/h1-7H,9H2,(H,17,18,19). The van der Waals surface area contributed by atoms with E-state index < -0.39 is 6.09 Å². The number of hydrogen-bond donors (Lipinski definition) is 1. The smallest absolute Gasteiger partial charge is 0.413 e. The molecule has 0 spiro atoms. The molecule has 0 atom stereocenters. The highest BCUT2D eigenvalue weighted by molar-refractivity contribution is 9.10. The van der Waals surface area contributed by atoms with Crippen molar-refractivity contribution in [2.24, 2.45) is 0 Å². The Morgan fingerprint density at radius 3 is 2.80 bits per heavy atom. The van der Waals surface area contributed by atoms with E-state index in [0.717, 1.165) is 5.56 Å². The molecule has 1 aromatic carbocycles. The van der Waals surface area contributed by atoms with Gasteiger partial charge < -0.3 is 4.74 Å². The first-order chi connectivity index (χ1) is 9.70. The van der Waals surface area contributed by atoms with Crippen LogP contribution >= 0.6 is 15.9 Å². The zero-order chi connectivity index (χ0) is 14.4. The largest absolute Gasteiger partial charge is 0.444 e. The first kappa shape index (κ1) is 14.0. The first-order valence-electron chi connectivity index (χ1n) is 5.73. The molecule has 0 radical (unpaired) electrons. The van der Waals surface area contributed by atoms with Gasteiger partial charge in [0.25, 0.3) is 0 Å². The van der Waals surface area contributed by atoms with Crippen molar-refractivity contribution >= 4 is 27.8 Å². The van der Waals surface area contributed by atoms with E-state index in [9.17, 15) is 4.79 Å². The summed E-state index contributed by atoms with van der Waals surface area (Å²) >= 11 is 3.22. The Kier molecular flexibility index (Phi) is 4.69. The van der Waals surface area contributed by atoms with Crippen molar-refractivity contribution in [3.8, 4) is 6.07 Å². The lowest BCUT2D eigenvalue weighted by Crippen LogP contribution is -2.15. The van der Waals surface area contributed by atoms with E-state index in [1.807, 2.05) is 36.4 Å². The van der Waals surface area contributed by atoms with Crippen LogP contribution in [0, 0.1) is 11.3 Å². The maximum atomic E-state index is 11.7. The number of nitrogens with one attached hydrogen (secondary N) is 1. The van der Waals surface area contributed by atoms with Crippen LogP contribution in [-0.4, -0.2) is 11.1 Å². The van der Waals surface area contributed by atoms with Gasteiger partial charge in [0.1, 0.15) is 18.2 Å². The molecule has 0 saturated carbocycles. The Labute approximate surface area is 124 Å². The van der Waals surface area contributed by atoms with Crippen LogP contribution in [0.1, 0.15) is 11.1 Å². The van der Waals surface area contributed by atoms with Crippen LogP contribution in [0.2, 0.25) is 0 Å². The van der Waals surface area contributed by atoms with E-state index in [-0.39, 0.29) is 18.0 Å². The van der Waals surface area contributed by atoms with Crippen molar-refractivity contribution in [2.75, 3.05) is 5.32 Å². The highest BCUT2D eigenvalue weighted by Gasteiger charge is 2.11. The molecule has 2 aromatic rings. The van der Waals surface area contributed by atoms with Gasteiger partial charge >= 0.3 is 6.09 Å². The van der Waals surface area contributed by atoms with E-state index in [1.165, 1.54) is 6.20 Å². The second kappa shape index (κ2) is 6.68. The number of rotatable bonds is 3. The summed E-state index contributed by atoms with van der Waals surface area (Å²) in [5.74, 6) is 0.167. The van der Waals surface area contributed by atoms with Crippen molar-refractivity contribution in [2.45, 2.75) is 6.61 Å². The quantitative estimate of drug-likeness (QED) is 0.934. The number of carbonyl (C=O) groups is 1. The van der Waals surface area contributed by atoms with Crippen molar-refractivity contribution in [1.82, 2.24) is 4.98 Å². The summed E-state index contributed by atoms with van der Waals surface area (Å²) in [6.45, 7) is 0.155. The second-order valence-corrected chi connectivity index (χ2v) is 4.67. The van der Waals surface area contributed by atoms with Crippen LogP contribution in [0.5, 0.6) is 0 Å². The van der Waals surface area contributed by atoms with Gasteiger partial charge in [0.2, 0.25) is 0 Å². The van der Waals surface area contributed by atoms with Gasteiger partial charge in [0, 0.05) is 10.7 Å². The molecule has 2 rings (SSSR count). The van der Waals surface area contributed by atoms with Gasteiger partial charge in [-0.2, -0.15) is 5.26 Å². The molecule has 20 heavy (non-hydrogen) atoms. The first-order valence-corrected chi connectivity index (χ1v) is 6.52. The number of anilines is 1. The third-order valence-corrected chi connectivity index (χ3v) is 3.11. The van der Waals surface area contributed by atoms with Crippen LogP contribution in [0.3, 0.4) is 0 Å². The molecule has 1 amide bonds. The van der Waals surface area contributed by atoms with Gasteiger partial charge in [-0.25, -0.2) is 9.78 Å². The van der Waals surface area contributed by atoms with Gasteiger partial charge in [-0.15, -0.1) is 0 Å². The van der Waals surface area contributed by atoms with E-state index in [4.69, 9.17) is 10.00 Å². The average molecular weight is 332 g/mol. The average Bonchev–Trinajstić information content (AvgIpc) is 2.46. The minimum atomic E-state index is -0.657. The fourth-order valence-electron chi connectivity index (χ4n) is 1.50. The van der Waals surface area contributed by atoms with E-state index >= 15 is 0 Å². The maximum Gasteiger partial charge on any atom is 0.413 e. The molecule has 0 aliphatic carbocycles. The molecular formula is C14H10BrN3O2. The van der Waals surface area contributed by atoms with Crippen molar-refractivity contribution < 1.29 is 9.53 Å². The molecule has 0 aliphatic heterocycles. The fraction of sp³-hybridized carbons (Fsp3) is 0.0714. The van der Waals surface area contributed by atoms with Crippen LogP contribution < -0.4 is 5.32 Å². The zero-order valence-corrected chi connectivity index (χ0v) is 11.9. The van der Waals surface area contributed by atoms with Gasteiger partial charge in [0.15, 0.2) is 5.82 Å². The molecule has 6 heteroatoms. The van der Waals surface area contributed by atoms with Gasteiger partial charge in [0.05, 0.1) is 0 Å². The molecule has 0 aliphatic rings. The van der Waals surface area contributed by atoms with Gasteiger partial charge in [-0.05, 0) is 27.6 Å². The number of aromatic nitrogens is 1. The summed E-state index contributed by atoms with van der Waals surface area (Å²) in [7, 11) is 0. The molecule has 1 aromatic heterocycles. The number of ether oxygens (including phenoxy) is 1. The molecule has 0 saturated heterocycles. The van der Waals surface area contributed by atoms with Crippen LogP contribution in [-0.2, 0) is 11.3 Å². The second-order valence-electron chi connectivity index (χ2n) is 3.81. The lowest BCUT2D eigenvalue weighted by Gasteiger charge is -2.08. The number of halogens is 1. The van der Waals surface area contributed by atoms with Crippen molar-refractivity contribution in [3.63, 3.8) is 0 Å². The molecule has 100 valence electrons. The number of amides is 1. The Morgan fingerprint density at radius 2 is 2.10 bits per heavy atom. The maximum absolute atomic E-state index is 11.7. The Balaban J connectivity index is 1.99. The monoisotopic (exact) mass is 331 g/mol. The van der Waals surface area contributed by atoms with Crippen LogP contribution in [0.15, 0.2) is 47.1 Å². The summed E-state index contributed by atoms with van der Waals surface area (Å²) in [6.07, 6.45) is 0.827. The predicted molar refractivity (Wildman–Crippen MR) is 76.9 cm³/mol. The summed E-state index contributed by atoms with van der Waals surface area (Å²) in [4.78, 5) is 15.6. The molecule has 5 nitrogen and oxygen atoms in total. The number of benzene rings is 1. The Bertz CT molecular complexity index is 653. The normalized spacial score (nSPS) is 9.60. The topological polar surface area (TPSA) is 75.0 Å². The Hall–Kier alpha value is -2.39. The van der Waals surface area contributed by atoms with E-state index in [0.29, 0.717) is 4.47 Å². The molecule has 0 unspecified atom stereocenters. The summed E-state index contributed by atoms with van der Waals surface area (Å²) < 4.78 is 5.62. The lowest BCUT2D eigenvalue weighted by atomic mass is 10.2. The number of hydrogen-bond acceptors (Lipinski definition) is 4. The minimum absolute atomic E-state index is 0.155. The van der Waals surface area contributed by atoms with Crippen molar-refractivity contribution in [3.05, 3.63) is 58.2 Å². The SMILES string of the molecule is N#Cc1c(Br)ccnc1NC(=O)OCc1ccccc1. The molecular weight excluding hydrogens is 322 g/mol. The highest BCUT2D eigenvalue weighted by Crippen LogP contribution is 2.21. The number of carbonyl (C=O) groups excluding carboxylic acids is 1. The molecule has 1 N–H and O–H groups in total. The van der Waals surface area contributed by atoms with Crippen molar-refractivity contribution in [1.29, 1.82) is 5.26 Å².